The number of carbonyl (C=O) groups excluding carboxylic acids is 2. The number of benzene rings is 2. The van der Waals surface area contributed by atoms with Gasteiger partial charge in [-0.25, -0.2) is 4.39 Å². The van der Waals surface area contributed by atoms with Gasteiger partial charge in [0.2, 0.25) is 11.8 Å². The van der Waals surface area contributed by atoms with Crippen molar-refractivity contribution in [2.75, 3.05) is 55.4 Å². The molecule has 0 bridgehead atoms. The SMILES string of the molecule is O=C1CN(C(=O)CSc2nnc(-c3ccc(F)cc3)n2CCN2CCOCC2)c2ccccc2N1. The second kappa shape index (κ2) is 10.5. The molecule has 9 nitrogen and oxygen atoms in total. The Balaban J connectivity index is 1.34. The van der Waals surface area contributed by atoms with Crippen molar-refractivity contribution in [2.45, 2.75) is 11.7 Å². The molecule has 0 unspecified atom stereocenters. The Morgan fingerprint density at radius 2 is 1.83 bits per heavy atom. The number of rotatable bonds is 7. The van der Waals surface area contributed by atoms with Gasteiger partial charge in [-0.3, -0.25) is 14.5 Å². The number of morpholine rings is 1. The Hall–Kier alpha value is -3.28. The summed E-state index contributed by atoms with van der Waals surface area (Å²) in [4.78, 5) is 29.0. The third kappa shape index (κ3) is 5.37. The lowest BCUT2D eigenvalue weighted by Gasteiger charge is -2.29. The third-order valence-electron chi connectivity index (χ3n) is 5.96. The summed E-state index contributed by atoms with van der Waals surface area (Å²) in [6, 6.07) is 13.4. The standard InChI is InChI=1S/C24H25FN6O3S/c25-18-7-5-17(6-8-18)23-27-28-24(30(23)10-9-29-11-13-34-14-12-29)35-16-22(33)31-15-21(32)26-19-3-1-2-4-20(19)31/h1-8H,9-16H2,(H,26,32). The maximum atomic E-state index is 13.5. The van der Waals surface area contributed by atoms with E-state index in [1.807, 2.05) is 22.8 Å². The minimum atomic E-state index is -0.320. The second-order valence-corrected chi connectivity index (χ2v) is 9.20. The van der Waals surface area contributed by atoms with Crippen molar-refractivity contribution in [3.05, 3.63) is 54.3 Å². The van der Waals surface area contributed by atoms with Crippen molar-refractivity contribution in [3.63, 3.8) is 0 Å². The van der Waals surface area contributed by atoms with Gasteiger partial charge >= 0.3 is 0 Å². The van der Waals surface area contributed by atoms with Gasteiger partial charge in [0.1, 0.15) is 12.4 Å². The summed E-state index contributed by atoms with van der Waals surface area (Å²) in [5, 5.41) is 12.1. The topological polar surface area (TPSA) is 92.6 Å². The molecule has 1 fully saturated rings. The number of fused-ring (bicyclic) bond motifs is 1. The van der Waals surface area contributed by atoms with E-state index in [1.54, 1.807) is 18.2 Å². The third-order valence-corrected chi connectivity index (χ3v) is 6.91. The quantitative estimate of drug-likeness (QED) is 0.503. The molecule has 2 aromatic carbocycles. The molecular formula is C24H25FN6O3S. The molecule has 3 heterocycles. The first kappa shape index (κ1) is 23.5. The highest BCUT2D eigenvalue weighted by atomic mass is 32.2. The number of halogens is 1. The van der Waals surface area contributed by atoms with Crippen molar-refractivity contribution in [3.8, 4) is 11.4 Å². The number of amides is 2. The predicted molar refractivity (Wildman–Crippen MR) is 131 cm³/mol. The molecule has 3 aromatic rings. The predicted octanol–water partition coefficient (Wildman–Crippen LogP) is 2.49. The highest BCUT2D eigenvalue weighted by molar-refractivity contribution is 7.99. The van der Waals surface area contributed by atoms with E-state index in [-0.39, 0.29) is 29.9 Å². The van der Waals surface area contributed by atoms with Crippen LogP contribution in [0.25, 0.3) is 11.4 Å². The zero-order chi connectivity index (χ0) is 24.2. The van der Waals surface area contributed by atoms with Crippen molar-refractivity contribution < 1.29 is 18.7 Å². The number of hydrogen-bond acceptors (Lipinski definition) is 7. The highest BCUT2D eigenvalue weighted by Gasteiger charge is 2.27. The maximum Gasteiger partial charge on any atom is 0.244 e. The van der Waals surface area contributed by atoms with Gasteiger partial charge in [-0.05, 0) is 36.4 Å². The molecular weight excluding hydrogens is 471 g/mol. The van der Waals surface area contributed by atoms with Crippen LogP contribution in [-0.2, 0) is 20.9 Å². The normalized spacial score (nSPS) is 16.1. The number of ether oxygens (including phenoxy) is 1. The van der Waals surface area contributed by atoms with Crippen LogP contribution in [0, 0.1) is 5.82 Å². The van der Waals surface area contributed by atoms with Gasteiger partial charge in [-0.2, -0.15) is 0 Å². The fourth-order valence-corrected chi connectivity index (χ4v) is 4.98. The lowest BCUT2D eigenvalue weighted by molar-refractivity contribution is -0.120. The number of para-hydroxylation sites is 2. The summed E-state index contributed by atoms with van der Waals surface area (Å²) < 4.78 is 20.9. The summed E-state index contributed by atoms with van der Waals surface area (Å²) in [5.41, 5.74) is 2.05. The Kier molecular flexibility index (Phi) is 7.07. The molecule has 182 valence electrons. The molecule has 0 spiro atoms. The lowest BCUT2D eigenvalue weighted by atomic mass is 10.2. The van der Waals surface area contributed by atoms with Crippen molar-refractivity contribution in [2.24, 2.45) is 0 Å². The molecule has 35 heavy (non-hydrogen) atoms. The number of carbonyl (C=O) groups is 2. The van der Waals surface area contributed by atoms with Gasteiger partial charge in [0.25, 0.3) is 0 Å². The molecule has 2 amide bonds. The maximum absolute atomic E-state index is 13.5. The van der Waals surface area contributed by atoms with Crippen LogP contribution >= 0.6 is 11.8 Å². The van der Waals surface area contributed by atoms with Gasteiger partial charge in [0.05, 0.1) is 30.3 Å². The molecule has 0 saturated carbocycles. The van der Waals surface area contributed by atoms with Crippen LogP contribution in [-0.4, -0.2) is 76.6 Å². The fraction of sp³-hybridized carbons (Fsp3) is 0.333. The van der Waals surface area contributed by atoms with E-state index in [4.69, 9.17) is 4.74 Å². The fourth-order valence-electron chi connectivity index (χ4n) is 4.14. The lowest BCUT2D eigenvalue weighted by Crippen LogP contribution is -2.43. The Morgan fingerprint density at radius 1 is 1.06 bits per heavy atom. The summed E-state index contributed by atoms with van der Waals surface area (Å²) in [5.74, 6) is -0.0199. The molecule has 2 aliphatic rings. The summed E-state index contributed by atoms with van der Waals surface area (Å²) in [7, 11) is 0. The van der Waals surface area contributed by atoms with Gasteiger partial charge in [-0.15, -0.1) is 10.2 Å². The van der Waals surface area contributed by atoms with Crippen molar-refractivity contribution in [1.29, 1.82) is 0 Å². The first-order valence-corrected chi connectivity index (χ1v) is 12.4. The largest absolute Gasteiger partial charge is 0.379 e. The number of thioether (sulfide) groups is 1. The Bertz CT molecular complexity index is 1210. The smallest absolute Gasteiger partial charge is 0.244 e. The van der Waals surface area contributed by atoms with E-state index in [0.29, 0.717) is 42.1 Å². The summed E-state index contributed by atoms with van der Waals surface area (Å²) >= 11 is 1.28. The molecule has 11 heteroatoms. The Labute approximate surface area is 206 Å². The monoisotopic (exact) mass is 496 g/mol. The number of nitrogens with one attached hydrogen (secondary N) is 1. The second-order valence-electron chi connectivity index (χ2n) is 8.25. The van der Waals surface area contributed by atoms with Crippen LogP contribution in [0.5, 0.6) is 0 Å². The zero-order valence-electron chi connectivity index (χ0n) is 19.0. The first-order chi connectivity index (χ1) is 17.1. The molecule has 0 atom stereocenters. The van der Waals surface area contributed by atoms with E-state index in [2.05, 4.69) is 20.4 Å². The minimum Gasteiger partial charge on any atom is -0.379 e. The molecule has 5 rings (SSSR count). The summed E-state index contributed by atoms with van der Waals surface area (Å²) in [6.45, 7) is 4.47. The minimum absolute atomic E-state index is 0.0268. The van der Waals surface area contributed by atoms with Crippen LogP contribution in [0.2, 0.25) is 0 Å². The zero-order valence-corrected chi connectivity index (χ0v) is 19.8. The van der Waals surface area contributed by atoms with Crippen LogP contribution < -0.4 is 10.2 Å². The molecule has 0 aliphatic carbocycles. The van der Waals surface area contributed by atoms with Crippen molar-refractivity contribution in [1.82, 2.24) is 19.7 Å². The summed E-state index contributed by atoms with van der Waals surface area (Å²) in [6.07, 6.45) is 0. The number of hydrogen-bond donors (Lipinski definition) is 1. The molecule has 1 saturated heterocycles. The molecule has 1 N–H and O–H groups in total. The van der Waals surface area contributed by atoms with Crippen LogP contribution in [0.3, 0.4) is 0 Å². The van der Waals surface area contributed by atoms with E-state index in [0.717, 1.165) is 25.2 Å². The van der Waals surface area contributed by atoms with Gasteiger partial charge in [0.15, 0.2) is 11.0 Å². The molecule has 1 aromatic heterocycles. The molecule has 2 aliphatic heterocycles. The van der Waals surface area contributed by atoms with Gasteiger partial charge in [-0.1, -0.05) is 23.9 Å². The average Bonchev–Trinajstić information content (AvgIpc) is 3.29. The van der Waals surface area contributed by atoms with Gasteiger partial charge < -0.3 is 19.5 Å². The van der Waals surface area contributed by atoms with Crippen LogP contribution in [0.4, 0.5) is 15.8 Å². The van der Waals surface area contributed by atoms with E-state index < -0.39 is 0 Å². The van der Waals surface area contributed by atoms with Crippen LogP contribution in [0.1, 0.15) is 0 Å². The first-order valence-electron chi connectivity index (χ1n) is 11.4. The number of aromatic nitrogens is 3. The van der Waals surface area contributed by atoms with Crippen molar-refractivity contribution >= 4 is 35.0 Å². The van der Waals surface area contributed by atoms with E-state index >= 15 is 0 Å². The number of anilines is 2. The van der Waals surface area contributed by atoms with E-state index in [1.165, 1.54) is 28.8 Å². The average molecular weight is 497 g/mol. The van der Waals surface area contributed by atoms with E-state index in [9.17, 15) is 14.0 Å². The molecule has 0 radical (unpaired) electrons. The highest BCUT2D eigenvalue weighted by Crippen LogP contribution is 2.30. The Morgan fingerprint density at radius 3 is 2.63 bits per heavy atom. The van der Waals surface area contributed by atoms with Crippen LogP contribution in [0.15, 0.2) is 53.7 Å². The number of nitrogens with zero attached hydrogens (tertiary/aromatic N) is 5. The van der Waals surface area contributed by atoms with Gasteiger partial charge in [0, 0.05) is 31.7 Å².